The van der Waals surface area contributed by atoms with Crippen LogP contribution in [0.1, 0.15) is 37.0 Å². The van der Waals surface area contributed by atoms with E-state index in [1.54, 1.807) is 11.8 Å². The van der Waals surface area contributed by atoms with Crippen molar-refractivity contribution in [2.45, 2.75) is 44.6 Å². The number of aryl methyl sites for hydroxylation is 1. The summed E-state index contributed by atoms with van der Waals surface area (Å²) < 4.78 is 2.31. The van der Waals surface area contributed by atoms with Crippen LogP contribution >= 0.6 is 11.8 Å². The van der Waals surface area contributed by atoms with Gasteiger partial charge >= 0.3 is 5.97 Å². The van der Waals surface area contributed by atoms with E-state index < -0.39 is 5.97 Å². The van der Waals surface area contributed by atoms with Crippen molar-refractivity contribution in [2.75, 3.05) is 11.6 Å². The zero-order chi connectivity index (χ0) is 23.5. The first-order valence-corrected chi connectivity index (χ1v) is 12.3. The van der Waals surface area contributed by atoms with E-state index in [2.05, 4.69) is 41.1 Å². The Balaban J connectivity index is 1.96. The monoisotopic (exact) mass is 460 g/mol. The van der Waals surface area contributed by atoms with E-state index >= 15 is 0 Å². The topological polar surface area (TPSA) is 71.3 Å². The van der Waals surface area contributed by atoms with E-state index in [0.717, 1.165) is 45.6 Å². The molecule has 33 heavy (non-hydrogen) atoms. The highest BCUT2D eigenvalue weighted by Crippen LogP contribution is 2.40. The average Bonchev–Trinajstić information content (AvgIpc) is 3.09. The largest absolute Gasteiger partial charge is 0.481 e. The quantitative estimate of drug-likeness (QED) is 0.312. The minimum atomic E-state index is -0.816. The molecule has 0 aliphatic heterocycles. The minimum absolute atomic E-state index is 0.00969. The number of para-hydroxylation sites is 1. The van der Waals surface area contributed by atoms with Gasteiger partial charge in [-0.25, -0.2) is 0 Å². The number of rotatable bonds is 8. The average molecular weight is 461 g/mol. The number of benzene rings is 3. The van der Waals surface area contributed by atoms with Crippen LogP contribution in [-0.4, -0.2) is 27.8 Å². The minimum Gasteiger partial charge on any atom is -0.481 e. The van der Waals surface area contributed by atoms with Gasteiger partial charge in [0.05, 0.1) is 11.9 Å². The van der Waals surface area contributed by atoms with Gasteiger partial charge in [0.15, 0.2) is 0 Å². The molecule has 6 heteroatoms. The molecule has 1 heterocycles. The highest BCUT2D eigenvalue weighted by Gasteiger charge is 2.21. The van der Waals surface area contributed by atoms with E-state index in [1.165, 1.54) is 23.3 Å². The summed E-state index contributed by atoms with van der Waals surface area (Å²) in [5.74, 6) is -0.910. The summed E-state index contributed by atoms with van der Waals surface area (Å²) >= 11 is 1.61. The lowest BCUT2D eigenvalue weighted by Gasteiger charge is -2.16. The zero-order valence-electron chi connectivity index (χ0n) is 19.1. The maximum absolute atomic E-state index is 11.7. The Morgan fingerprint density at radius 2 is 1.79 bits per heavy atom. The highest BCUT2D eigenvalue weighted by molar-refractivity contribution is 7.98. The Hall–Kier alpha value is -3.25. The Labute approximate surface area is 197 Å². The van der Waals surface area contributed by atoms with Gasteiger partial charge in [0.2, 0.25) is 5.91 Å². The van der Waals surface area contributed by atoms with Crippen molar-refractivity contribution in [2.24, 2.45) is 0 Å². The van der Waals surface area contributed by atoms with Crippen molar-refractivity contribution >= 4 is 51.1 Å². The van der Waals surface area contributed by atoms with Gasteiger partial charge in [-0.3, -0.25) is 9.59 Å². The number of carbonyl (C=O) groups is 2. The van der Waals surface area contributed by atoms with Crippen molar-refractivity contribution in [1.29, 1.82) is 0 Å². The summed E-state index contributed by atoms with van der Waals surface area (Å²) in [5.41, 5.74) is 6.20. The third-order valence-corrected chi connectivity index (χ3v) is 6.69. The standard InChI is InChI=1S/C27H28N2O3S/c1-4-7-19-14-20(15-24(31)32)27(33-3)26-25(19)22-8-5-6-9-23(22)29(26)16-18-10-12-21(13-11-18)28-17(2)30/h5-6,8-14H,4,7,15-16H2,1-3H3,(H,28,30)(H,31,32). The SMILES string of the molecule is CCCc1cc(CC(=O)O)c(SC)c2c1c1ccccc1n2Cc1ccc(NC(C)=O)cc1. The van der Waals surface area contributed by atoms with Crippen molar-refractivity contribution in [3.05, 3.63) is 71.3 Å². The number of aliphatic carboxylic acids is 1. The lowest BCUT2D eigenvalue weighted by atomic mass is 9.98. The zero-order valence-corrected chi connectivity index (χ0v) is 20.0. The lowest BCUT2D eigenvalue weighted by molar-refractivity contribution is -0.136. The number of anilines is 1. The second-order valence-electron chi connectivity index (χ2n) is 8.25. The van der Waals surface area contributed by atoms with Crippen LogP contribution in [-0.2, 0) is 29.0 Å². The Bertz CT molecular complexity index is 1340. The molecule has 0 bridgehead atoms. The summed E-state index contributed by atoms with van der Waals surface area (Å²) in [7, 11) is 0. The predicted octanol–water partition coefficient (Wildman–Crippen LogP) is 6.10. The molecule has 2 N–H and O–H groups in total. The van der Waals surface area contributed by atoms with E-state index in [-0.39, 0.29) is 12.3 Å². The van der Waals surface area contributed by atoms with Gasteiger partial charge in [-0.2, -0.15) is 0 Å². The molecule has 0 saturated heterocycles. The molecule has 5 nitrogen and oxygen atoms in total. The van der Waals surface area contributed by atoms with Crippen molar-refractivity contribution in [1.82, 2.24) is 4.57 Å². The van der Waals surface area contributed by atoms with E-state index in [9.17, 15) is 14.7 Å². The number of nitrogens with zero attached hydrogens (tertiary/aromatic N) is 1. The fraction of sp³-hybridized carbons (Fsp3) is 0.259. The smallest absolute Gasteiger partial charge is 0.307 e. The second kappa shape index (κ2) is 9.71. The molecule has 0 spiro atoms. The summed E-state index contributed by atoms with van der Waals surface area (Å²) in [6.45, 7) is 4.31. The number of hydrogen-bond donors (Lipinski definition) is 2. The van der Waals surface area contributed by atoms with Crippen LogP contribution in [0.3, 0.4) is 0 Å². The fourth-order valence-electron chi connectivity index (χ4n) is 4.60. The Morgan fingerprint density at radius 3 is 2.42 bits per heavy atom. The van der Waals surface area contributed by atoms with E-state index in [1.807, 2.05) is 36.6 Å². The molecule has 170 valence electrons. The predicted molar refractivity (Wildman–Crippen MR) is 136 cm³/mol. The molecule has 0 aliphatic carbocycles. The number of hydrogen-bond acceptors (Lipinski definition) is 3. The van der Waals surface area contributed by atoms with Gasteiger partial charge in [0.25, 0.3) is 0 Å². The fourth-order valence-corrected chi connectivity index (χ4v) is 5.40. The number of amides is 1. The number of aromatic nitrogens is 1. The molecule has 4 rings (SSSR count). The Morgan fingerprint density at radius 1 is 1.06 bits per heavy atom. The molecule has 0 aliphatic rings. The summed E-state index contributed by atoms with van der Waals surface area (Å²) in [6, 6.07) is 18.4. The first-order valence-electron chi connectivity index (χ1n) is 11.1. The third-order valence-electron chi connectivity index (χ3n) is 5.83. The molecule has 1 aromatic heterocycles. The molecule has 0 saturated carbocycles. The van der Waals surface area contributed by atoms with Crippen LogP contribution in [0.2, 0.25) is 0 Å². The molecule has 3 aromatic carbocycles. The summed E-state index contributed by atoms with van der Waals surface area (Å²) in [6.07, 6.45) is 3.92. The van der Waals surface area contributed by atoms with Crippen LogP contribution in [0.4, 0.5) is 5.69 Å². The third kappa shape index (κ3) is 4.62. The number of nitrogens with one attached hydrogen (secondary N) is 1. The van der Waals surface area contributed by atoms with Gasteiger partial charge in [0, 0.05) is 40.3 Å². The molecule has 4 aromatic rings. The lowest BCUT2D eigenvalue weighted by Crippen LogP contribution is -2.07. The van der Waals surface area contributed by atoms with Gasteiger partial charge in [-0.05, 0) is 47.6 Å². The maximum Gasteiger partial charge on any atom is 0.307 e. The molecular weight excluding hydrogens is 432 g/mol. The summed E-state index contributed by atoms with van der Waals surface area (Å²) in [4.78, 5) is 24.0. The van der Waals surface area contributed by atoms with Crippen molar-refractivity contribution < 1.29 is 14.7 Å². The molecular formula is C27H28N2O3S. The van der Waals surface area contributed by atoms with Gasteiger partial charge < -0.3 is 15.0 Å². The Kier molecular flexibility index (Phi) is 6.75. The molecule has 1 amide bonds. The summed E-state index contributed by atoms with van der Waals surface area (Å²) in [5, 5.41) is 14.8. The van der Waals surface area contributed by atoms with E-state index in [4.69, 9.17) is 0 Å². The van der Waals surface area contributed by atoms with Crippen LogP contribution < -0.4 is 5.32 Å². The normalized spacial score (nSPS) is 11.2. The van der Waals surface area contributed by atoms with E-state index in [0.29, 0.717) is 6.54 Å². The highest BCUT2D eigenvalue weighted by atomic mass is 32.2. The molecule has 0 radical (unpaired) electrons. The van der Waals surface area contributed by atoms with Crippen LogP contribution in [0.15, 0.2) is 59.5 Å². The van der Waals surface area contributed by atoms with Crippen LogP contribution in [0.5, 0.6) is 0 Å². The number of carboxylic acids is 1. The first kappa shape index (κ1) is 22.9. The maximum atomic E-state index is 11.7. The first-order chi connectivity index (χ1) is 15.9. The van der Waals surface area contributed by atoms with Crippen molar-refractivity contribution in [3.63, 3.8) is 0 Å². The van der Waals surface area contributed by atoms with Gasteiger partial charge in [0.1, 0.15) is 0 Å². The van der Waals surface area contributed by atoms with Crippen LogP contribution in [0, 0.1) is 0 Å². The molecule has 0 fully saturated rings. The van der Waals surface area contributed by atoms with Crippen molar-refractivity contribution in [3.8, 4) is 0 Å². The number of carbonyl (C=O) groups excluding carboxylic acids is 1. The van der Waals surface area contributed by atoms with Crippen LogP contribution in [0.25, 0.3) is 21.8 Å². The number of fused-ring (bicyclic) bond motifs is 3. The van der Waals surface area contributed by atoms with Gasteiger partial charge in [-0.1, -0.05) is 49.7 Å². The second-order valence-corrected chi connectivity index (χ2v) is 9.07. The van der Waals surface area contributed by atoms with Gasteiger partial charge in [-0.15, -0.1) is 11.8 Å². The number of carboxylic acid groups (broad SMARTS) is 1. The molecule has 0 unspecified atom stereocenters. The molecule has 0 atom stereocenters. The number of thioether (sulfide) groups is 1.